The summed E-state index contributed by atoms with van der Waals surface area (Å²) < 4.78 is 12.8. The zero-order valence-corrected chi connectivity index (χ0v) is 28.7. The number of hydrogen-bond donors (Lipinski definition) is 0. The second-order valence-corrected chi connectivity index (χ2v) is 13.7. The molecule has 0 unspecified atom stereocenters. The zero-order valence-electron chi connectivity index (χ0n) is 28.7. The number of rotatable bonds is 5. The Morgan fingerprint density at radius 3 is 1.81 bits per heavy atom. The van der Waals surface area contributed by atoms with E-state index < -0.39 is 0 Å². The van der Waals surface area contributed by atoms with Crippen LogP contribution in [0.4, 0.5) is 17.1 Å². The molecule has 0 aliphatic rings. The van der Waals surface area contributed by atoms with Crippen LogP contribution in [0, 0.1) is 0 Å². The van der Waals surface area contributed by atoms with E-state index in [1.54, 1.807) is 0 Å². The Labute approximate surface area is 305 Å². The highest BCUT2D eigenvalue weighted by Gasteiger charge is 2.23. The Kier molecular flexibility index (Phi) is 6.55. The molecule has 0 atom stereocenters. The summed E-state index contributed by atoms with van der Waals surface area (Å²) in [5.41, 5.74) is 11.2. The van der Waals surface area contributed by atoms with E-state index in [0.717, 1.165) is 77.6 Å². The highest BCUT2D eigenvalue weighted by atomic mass is 16.3. The third-order valence-corrected chi connectivity index (χ3v) is 10.6. The average Bonchev–Trinajstić information content (AvgIpc) is 3.79. The molecule has 0 radical (unpaired) electrons. The molecule has 11 aromatic rings. The minimum atomic E-state index is 0.853. The summed E-state index contributed by atoms with van der Waals surface area (Å²) in [6.07, 6.45) is 0. The van der Waals surface area contributed by atoms with E-state index >= 15 is 0 Å². The van der Waals surface area contributed by atoms with Crippen molar-refractivity contribution in [3.8, 4) is 22.3 Å². The van der Waals surface area contributed by atoms with Gasteiger partial charge in [0, 0.05) is 27.4 Å². The third kappa shape index (κ3) is 4.68. The van der Waals surface area contributed by atoms with Crippen molar-refractivity contribution >= 4 is 82.5 Å². The summed E-state index contributed by atoms with van der Waals surface area (Å²) in [7, 11) is 0. The van der Waals surface area contributed by atoms with Gasteiger partial charge in [-0.25, -0.2) is 0 Å². The number of benzene rings is 9. The number of anilines is 3. The van der Waals surface area contributed by atoms with Crippen LogP contribution in [0.1, 0.15) is 0 Å². The molecule has 2 heterocycles. The van der Waals surface area contributed by atoms with Crippen molar-refractivity contribution in [2.75, 3.05) is 4.90 Å². The van der Waals surface area contributed by atoms with E-state index in [4.69, 9.17) is 8.83 Å². The second kappa shape index (κ2) is 11.7. The standard InChI is InChI=1S/C50H31NO2/c1-2-16-36-33(13-1)30-43(39-19-4-3-18-38(36)39)32-14-11-15-35(29-32)51(45-23-12-26-48-50(45)42-21-7-10-25-47(42)52-48)44-22-8-5-17-37(44)34-27-28-41-40-20-6-9-24-46(40)53-49(41)31-34/h1-31H. The van der Waals surface area contributed by atoms with Crippen LogP contribution >= 0.6 is 0 Å². The van der Waals surface area contributed by atoms with Gasteiger partial charge in [0.15, 0.2) is 0 Å². The van der Waals surface area contributed by atoms with Gasteiger partial charge >= 0.3 is 0 Å². The molecule has 0 amide bonds. The molecule has 2 aromatic heterocycles. The topological polar surface area (TPSA) is 29.5 Å². The average molecular weight is 678 g/mol. The predicted octanol–water partition coefficient (Wildman–Crippen LogP) is 14.6. The lowest BCUT2D eigenvalue weighted by Gasteiger charge is -2.29. The first-order valence-electron chi connectivity index (χ1n) is 18.0. The summed E-state index contributed by atoms with van der Waals surface area (Å²) in [5.74, 6) is 0. The van der Waals surface area contributed by atoms with Gasteiger partial charge in [-0.2, -0.15) is 0 Å². The van der Waals surface area contributed by atoms with Crippen molar-refractivity contribution in [3.05, 3.63) is 188 Å². The number of hydrogen-bond acceptors (Lipinski definition) is 3. The molecule has 9 aromatic carbocycles. The summed E-state index contributed by atoms with van der Waals surface area (Å²) in [6, 6.07) is 66.9. The fourth-order valence-corrected chi connectivity index (χ4v) is 8.26. The minimum absolute atomic E-state index is 0.853. The Morgan fingerprint density at radius 1 is 0.321 bits per heavy atom. The first-order chi connectivity index (χ1) is 26.3. The predicted molar refractivity (Wildman–Crippen MR) is 222 cm³/mol. The molecule has 0 bridgehead atoms. The molecular weight excluding hydrogens is 647 g/mol. The lowest BCUT2D eigenvalue weighted by Crippen LogP contribution is -2.11. The zero-order chi connectivity index (χ0) is 34.9. The molecule has 53 heavy (non-hydrogen) atoms. The quantitative estimate of drug-likeness (QED) is 0.170. The normalized spacial score (nSPS) is 11.8. The van der Waals surface area contributed by atoms with E-state index in [1.165, 1.54) is 27.1 Å². The molecule has 0 aliphatic heterocycles. The van der Waals surface area contributed by atoms with Crippen LogP contribution in [0.25, 0.3) is 87.7 Å². The number of fused-ring (bicyclic) bond motifs is 9. The molecule has 0 spiro atoms. The summed E-state index contributed by atoms with van der Waals surface area (Å²) in [6.45, 7) is 0. The third-order valence-electron chi connectivity index (χ3n) is 10.6. The maximum atomic E-state index is 6.45. The Morgan fingerprint density at radius 2 is 0.925 bits per heavy atom. The van der Waals surface area contributed by atoms with Crippen LogP contribution in [0.15, 0.2) is 197 Å². The van der Waals surface area contributed by atoms with Gasteiger partial charge in [-0.1, -0.05) is 127 Å². The van der Waals surface area contributed by atoms with Gasteiger partial charge in [-0.15, -0.1) is 0 Å². The number of nitrogens with zero attached hydrogens (tertiary/aromatic N) is 1. The summed E-state index contributed by atoms with van der Waals surface area (Å²) in [5, 5.41) is 9.38. The maximum absolute atomic E-state index is 6.45. The van der Waals surface area contributed by atoms with Gasteiger partial charge in [0.05, 0.1) is 16.8 Å². The van der Waals surface area contributed by atoms with Crippen molar-refractivity contribution < 1.29 is 8.83 Å². The highest BCUT2D eigenvalue weighted by molar-refractivity contribution is 6.16. The first kappa shape index (κ1) is 29.6. The van der Waals surface area contributed by atoms with Gasteiger partial charge in [0.25, 0.3) is 0 Å². The smallest absolute Gasteiger partial charge is 0.137 e. The van der Waals surface area contributed by atoms with E-state index in [2.05, 4.69) is 169 Å². The second-order valence-electron chi connectivity index (χ2n) is 13.7. The van der Waals surface area contributed by atoms with E-state index in [1.807, 2.05) is 24.3 Å². The Bertz CT molecular complexity index is 3200. The summed E-state index contributed by atoms with van der Waals surface area (Å²) >= 11 is 0. The fraction of sp³-hybridized carbons (Fsp3) is 0. The Hall–Kier alpha value is -7.10. The van der Waals surface area contributed by atoms with Crippen molar-refractivity contribution in [2.45, 2.75) is 0 Å². The lowest BCUT2D eigenvalue weighted by atomic mass is 9.93. The van der Waals surface area contributed by atoms with Gasteiger partial charge in [-0.05, 0) is 98.9 Å². The minimum Gasteiger partial charge on any atom is -0.456 e. The molecule has 0 N–H and O–H groups in total. The van der Waals surface area contributed by atoms with E-state index in [-0.39, 0.29) is 0 Å². The first-order valence-corrected chi connectivity index (χ1v) is 18.0. The molecule has 0 saturated carbocycles. The van der Waals surface area contributed by atoms with Crippen LogP contribution in [0.5, 0.6) is 0 Å². The molecular formula is C50H31NO2. The maximum Gasteiger partial charge on any atom is 0.137 e. The van der Waals surface area contributed by atoms with Crippen LogP contribution in [-0.4, -0.2) is 0 Å². The van der Waals surface area contributed by atoms with Crippen LogP contribution < -0.4 is 4.90 Å². The molecule has 0 fully saturated rings. The highest BCUT2D eigenvalue weighted by Crippen LogP contribution is 2.47. The van der Waals surface area contributed by atoms with Crippen molar-refractivity contribution in [1.29, 1.82) is 0 Å². The van der Waals surface area contributed by atoms with E-state index in [9.17, 15) is 0 Å². The van der Waals surface area contributed by atoms with Crippen LogP contribution in [0.3, 0.4) is 0 Å². The van der Waals surface area contributed by atoms with E-state index in [0.29, 0.717) is 0 Å². The molecule has 0 aliphatic carbocycles. The number of para-hydroxylation sites is 3. The van der Waals surface area contributed by atoms with Crippen molar-refractivity contribution in [1.82, 2.24) is 0 Å². The SMILES string of the molecule is c1cc(-c2cc3ccccc3c3ccccc23)cc(N(c2ccccc2-c2ccc3c(c2)oc2ccccc23)c2cccc3oc4ccccc4c23)c1. The monoisotopic (exact) mass is 677 g/mol. The molecule has 248 valence electrons. The molecule has 3 nitrogen and oxygen atoms in total. The van der Waals surface area contributed by atoms with Crippen molar-refractivity contribution in [2.24, 2.45) is 0 Å². The fourth-order valence-electron chi connectivity index (χ4n) is 8.26. The molecule has 3 heteroatoms. The van der Waals surface area contributed by atoms with Crippen LogP contribution in [-0.2, 0) is 0 Å². The van der Waals surface area contributed by atoms with Crippen LogP contribution in [0.2, 0.25) is 0 Å². The van der Waals surface area contributed by atoms with Gasteiger partial charge in [0.2, 0.25) is 0 Å². The molecule has 0 saturated heterocycles. The Balaban J connectivity index is 1.17. The van der Waals surface area contributed by atoms with Gasteiger partial charge in [0.1, 0.15) is 22.3 Å². The lowest BCUT2D eigenvalue weighted by molar-refractivity contribution is 0.668. The van der Waals surface area contributed by atoms with Crippen molar-refractivity contribution in [3.63, 3.8) is 0 Å². The summed E-state index contributed by atoms with van der Waals surface area (Å²) in [4.78, 5) is 2.40. The van der Waals surface area contributed by atoms with Gasteiger partial charge < -0.3 is 13.7 Å². The number of furan rings is 2. The van der Waals surface area contributed by atoms with Gasteiger partial charge in [-0.3, -0.25) is 0 Å². The largest absolute Gasteiger partial charge is 0.456 e. The molecule has 11 rings (SSSR count).